The molecule has 1 unspecified atom stereocenters. The number of halogens is 2. The van der Waals surface area contributed by atoms with Gasteiger partial charge < -0.3 is 24.8 Å². The minimum absolute atomic E-state index is 0.117. The highest BCUT2D eigenvalue weighted by Crippen LogP contribution is 2.39. The first-order chi connectivity index (χ1) is 16.1. The van der Waals surface area contributed by atoms with Gasteiger partial charge in [-0.2, -0.15) is 0 Å². The number of aromatic nitrogens is 2. The molecular formula is C24H26F2N4O3. The van der Waals surface area contributed by atoms with Gasteiger partial charge in [0.2, 0.25) is 0 Å². The maximum absolute atomic E-state index is 15.2. The van der Waals surface area contributed by atoms with Crippen LogP contribution in [0.2, 0.25) is 0 Å². The predicted octanol–water partition coefficient (Wildman–Crippen LogP) is 4.61. The van der Waals surface area contributed by atoms with E-state index in [0.717, 1.165) is 37.8 Å². The first kappa shape index (κ1) is 21.6. The van der Waals surface area contributed by atoms with Crippen molar-refractivity contribution in [2.75, 3.05) is 44.6 Å². The number of fused-ring (bicyclic) bond motifs is 1. The SMILES string of the molecule is COc1cc(OC)c(F)c(-c2cc3cnc(NC4CCOC4)cc3c(NCC3CC3)n2)c1F. The summed E-state index contributed by atoms with van der Waals surface area (Å²) < 4.78 is 45.9. The molecule has 2 fully saturated rings. The van der Waals surface area contributed by atoms with Gasteiger partial charge in [0.25, 0.3) is 0 Å². The van der Waals surface area contributed by atoms with Gasteiger partial charge in [-0.1, -0.05) is 0 Å². The maximum Gasteiger partial charge on any atom is 0.177 e. The summed E-state index contributed by atoms with van der Waals surface area (Å²) in [7, 11) is 2.65. The van der Waals surface area contributed by atoms with Crippen molar-refractivity contribution in [3.63, 3.8) is 0 Å². The molecule has 7 nitrogen and oxygen atoms in total. The molecule has 1 saturated heterocycles. The smallest absolute Gasteiger partial charge is 0.177 e. The van der Waals surface area contributed by atoms with E-state index in [1.165, 1.54) is 20.3 Å². The normalized spacial score (nSPS) is 17.9. The zero-order valence-corrected chi connectivity index (χ0v) is 18.6. The van der Waals surface area contributed by atoms with E-state index in [1.54, 1.807) is 12.3 Å². The van der Waals surface area contributed by atoms with Gasteiger partial charge in [-0.25, -0.2) is 18.7 Å². The van der Waals surface area contributed by atoms with Crippen LogP contribution in [0.5, 0.6) is 11.5 Å². The zero-order chi connectivity index (χ0) is 22.9. The number of rotatable bonds is 8. The largest absolute Gasteiger partial charge is 0.494 e. The summed E-state index contributed by atoms with van der Waals surface area (Å²) in [5, 5.41) is 8.31. The molecule has 0 bridgehead atoms. The summed E-state index contributed by atoms with van der Waals surface area (Å²) in [4.78, 5) is 9.14. The lowest BCUT2D eigenvalue weighted by Crippen LogP contribution is -2.19. The molecule has 2 aromatic heterocycles. The summed E-state index contributed by atoms with van der Waals surface area (Å²) in [6.45, 7) is 2.12. The molecule has 174 valence electrons. The van der Waals surface area contributed by atoms with Gasteiger partial charge in [-0.05, 0) is 37.3 Å². The van der Waals surface area contributed by atoms with E-state index < -0.39 is 11.6 Å². The van der Waals surface area contributed by atoms with Gasteiger partial charge in [-0.3, -0.25) is 0 Å². The van der Waals surface area contributed by atoms with Crippen LogP contribution in [0.1, 0.15) is 19.3 Å². The van der Waals surface area contributed by atoms with Crippen LogP contribution in [-0.2, 0) is 4.74 Å². The minimum Gasteiger partial charge on any atom is -0.494 e. The fourth-order valence-corrected chi connectivity index (χ4v) is 4.02. The summed E-state index contributed by atoms with van der Waals surface area (Å²) in [5.41, 5.74) is -0.160. The van der Waals surface area contributed by atoms with Crippen LogP contribution >= 0.6 is 0 Å². The van der Waals surface area contributed by atoms with E-state index in [4.69, 9.17) is 14.2 Å². The van der Waals surface area contributed by atoms with Crippen LogP contribution in [-0.4, -0.2) is 50.0 Å². The predicted molar refractivity (Wildman–Crippen MR) is 122 cm³/mol. The third-order valence-corrected chi connectivity index (χ3v) is 6.08. The Labute approximate surface area is 190 Å². The number of nitrogens with zero attached hydrogens (tertiary/aromatic N) is 2. The van der Waals surface area contributed by atoms with Gasteiger partial charge in [0.05, 0.1) is 38.1 Å². The first-order valence-electron chi connectivity index (χ1n) is 11.1. The Morgan fingerprint density at radius 2 is 1.82 bits per heavy atom. The Balaban J connectivity index is 1.61. The lowest BCUT2D eigenvalue weighted by molar-refractivity contribution is 0.195. The van der Waals surface area contributed by atoms with Gasteiger partial charge in [0, 0.05) is 36.2 Å². The van der Waals surface area contributed by atoms with Crippen molar-refractivity contribution in [2.45, 2.75) is 25.3 Å². The number of anilines is 2. The molecule has 1 aliphatic heterocycles. The van der Waals surface area contributed by atoms with Gasteiger partial charge >= 0.3 is 0 Å². The van der Waals surface area contributed by atoms with E-state index in [2.05, 4.69) is 20.6 Å². The number of benzene rings is 1. The molecule has 1 atom stereocenters. The van der Waals surface area contributed by atoms with E-state index in [0.29, 0.717) is 29.5 Å². The van der Waals surface area contributed by atoms with Crippen molar-refractivity contribution < 1.29 is 23.0 Å². The molecule has 2 aliphatic rings. The zero-order valence-electron chi connectivity index (χ0n) is 18.6. The quantitative estimate of drug-likeness (QED) is 0.512. The molecular weight excluding hydrogens is 430 g/mol. The Morgan fingerprint density at radius 1 is 1.06 bits per heavy atom. The van der Waals surface area contributed by atoms with Crippen molar-refractivity contribution in [2.24, 2.45) is 5.92 Å². The number of methoxy groups -OCH3 is 2. The summed E-state index contributed by atoms with van der Waals surface area (Å²) in [6.07, 6.45) is 4.93. The topological polar surface area (TPSA) is 77.5 Å². The molecule has 0 spiro atoms. The maximum atomic E-state index is 15.2. The van der Waals surface area contributed by atoms with Crippen molar-refractivity contribution in [3.05, 3.63) is 36.0 Å². The fraction of sp³-hybridized carbons (Fsp3) is 0.417. The third-order valence-electron chi connectivity index (χ3n) is 6.08. The second-order valence-electron chi connectivity index (χ2n) is 8.46. The molecule has 3 heterocycles. The Hall–Kier alpha value is -3.20. The van der Waals surface area contributed by atoms with Crippen molar-refractivity contribution in [1.29, 1.82) is 0 Å². The summed E-state index contributed by atoms with van der Waals surface area (Å²) in [6, 6.07) is 4.94. The minimum atomic E-state index is -0.830. The lowest BCUT2D eigenvalue weighted by atomic mass is 10.1. The van der Waals surface area contributed by atoms with Crippen LogP contribution in [0.25, 0.3) is 22.0 Å². The molecule has 0 radical (unpaired) electrons. The van der Waals surface area contributed by atoms with Crippen molar-refractivity contribution in [1.82, 2.24) is 9.97 Å². The van der Waals surface area contributed by atoms with E-state index >= 15 is 8.78 Å². The van der Waals surface area contributed by atoms with Crippen LogP contribution < -0.4 is 20.1 Å². The van der Waals surface area contributed by atoms with Gasteiger partial charge in [-0.15, -0.1) is 0 Å². The van der Waals surface area contributed by atoms with Gasteiger partial charge in [0.1, 0.15) is 11.6 Å². The van der Waals surface area contributed by atoms with Crippen molar-refractivity contribution >= 4 is 22.4 Å². The Morgan fingerprint density at radius 3 is 2.45 bits per heavy atom. The van der Waals surface area contributed by atoms with E-state index in [9.17, 15) is 0 Å². The molecule has 3 aromatic rings. The molecule has 0 amide bonds. The highest BCUT2D eigenvalue weighted by atomic mass is 19.1. The lowest BCUT2D eigenvalue weighted by Gasteiger charge is -2.16. The van der Waals surface area contributed by atoms with Crippen LogP contribution in [0.15, 0.2) is 24.4 Å². The monoisotopic (exact) mass is 456 g/mol. The standard InChI is InChI=1S/C24H26F2N4O3/c1-31-18-9-19(32-2)23(26)21(22(18)25)17-7-14-11-27-20(29-15-5-6-33-12-15)8-16(14)24(30-17)28-10-13-3-4-13/h7-9,11,13,15H,3-6,10,12H2,1-2H3,(H,27,29)(H,28,30). The van der Waals surface area contributed by atoms with Crippen LogP contribution in [0.4, 0.5) is 20.4 Å². The summed E-state index contributed by atoms with van der Waals surface area (Å²) >= 11 is 0. The van der Waals surface area contributed by atoms with Crippen LogP contribution in [0, 0.1) is 17.6 Å². The highest BCUT2D eigenvalue weighted by molar-refractivity contribution is 5.95. The number of hydrogen-bond acceptors (Lipinski definition) is 7. The van der Waals surface area contributed by atoms with Gasteiger partial charge in [0.15, 0.2) is 23.1 Å². The third kappa shape index (κ3) is 4.37. The molecule has 33 heavy (non-hydrogen) atoms. The second-order valence-corrected chi connectivity index (χ2v) is 8.46. The average Bonchev–Trinajstić information content (AvgIpc) is 3.52. The van der Waals surface area contributed by atoms with E-state index in [-0.39, 0.29) is 28.8 Å². The molecule has 1 saturated carbocycles. The number of nitrogens with one attached hydrogen (secondary N) is 2. The highest BCUT2D eigenvalue weighted by Gasteiger charge is 2.25. The average molecular weight is 456 g/mol. The molecule has 1 aliphatic carbocycles. The molecule has 1 aromatic carbocycles. The second kappa shape index (κ2) is 8.97. The van der Waals surface area contributed by atoms with E-state index in [1.807, 2.05) is 6.07 Å². The number of pyridine rings is 2. The molecule has 2 N–H and O–H groups in total. The van der Waals surface area contributed by atoms with Crippen molar-refractivity contribution in [3.8, 4) is 22.8 Å². The fourth-order valence-electron chi connectivity index (χ4n) is 4.02. The number of hydrogen-bond donors (Lipinski definition) is 2. The molecule has 5 rings (SSSR count). The number of ether oxygens (including phenoxy) is 3. The Kier molecular flexibility index (Phi) is 5.88. The molecule has 9 heteroatoms. The Bertz CT molecular complexity index is 1150. The van der Waals surface area contributed by atoms with Crippen LogP contribution in [0.3, 0.4) is 0 Å². The summed E-state index contributed by atoms with van der Waals surface area (Å²) in [5.74, 6) is -0.0359. The first-order valence-corrected chi connectivity index (χ1v) is 11.1.